The second-order valence-corrected chi connectivity index (χ2v) is 6.72. The molecule has 0 N–H and O–H groups in total. The number of aromatic nitrogens is 2. The van der Waals surface area contributed by atoms with Gasteiger partial charge in [0.05, 0.1) is 29.1 Å². The predicted octanol–water partition coefficient (Wildman–Crippen LogP) is 3.38. The van der Waals surface area contributed by atoms with Crippen molar-refractivity contribution in [3.8, 4) is 11.6 Å². The predicted molar refractivity (Wildman–Crippen MR) is 98.0 cm³/mol. The number of ether oxygens (including phenoxy) is 1. The van der Waals surface area contributed by atoms with Gasteiger partial charge in [-0.2, -0.15) is 0 Å². The lowest BCUT2D eigenvalue weighted by Crippen LogP contribution is -2.29. The minimum atomic E-state index is -0.449. The molecule has 1 fully saturated rings. The Morgan fingerprint density at radius 2 is 1.85 bits per heavy atom. The molecule has 3 heterocycles. The summed E-state index contributed by atoms with van der Waals surface area (Å²) in [6.07, 6.45) is 3.35. The van der Waals surface area contributed by atoms with Gasteiger partial charge < -0.3 is 9.64 Å². The van der Waals surface area contributed by atoms with Gasteiger partial charge >= 0.3 is 5.97 Å². The smallest absolute Gasteiger partial charge is 0.344 e. The minimum Gasteiger partial charge on any atom is -0.404 e. The number of rotatable bonds is 2. The van der Waals surface area contributed by atoms with Crippen molar-refractivity contribution in [1.29, 1.82) is 0 Å². The summed E-state index contributed by atoms with van der Waals surface area (Å²) in [5, 5.41) is 0. The quantitative estimate of drug-likeness (QED) is 0.658. The lowest BCUT2D eigenvalue weighted by molar-refractivity contribution is 0.0715. The first-order chi connectivity index (χ1) is 13.2. The number of imidazole rings is 1. The highest BCUT2D eigenvalue weighted by molar-refractivity contribution is 5.99. The second kappa shape index (κ2) is 6.09. The summed E-state index contributed by atoms with van der Waals surface area (Å²) in [6, 6.07) is 16.1. The van der Waals surface area contributed by atoms with Crippen molar-refractivity contribution in [2.24, 2.45) is 0 Å². The molecule has 6 heteroatoms. The Hall–Kier alpha value is -3.41. The Morgan fingerprint density at radius 1 is 1.07 bits per heavy atom. The zero-order chi connectivity index (χ0) is 18.4. The first-order valence-corrected chi connectivity index (χ1v) is 8.99. The average Bonchev–Trinajstić information content (AvgIpc) is 3.33. The van der Waals surface area contributed by atoms with E-state index in [0.717, 1.165) is 18.7 Å². The maximum Gasteiger partial charge on any atom is 0.344 e. The van der Waals surface area contributed by atoms with Crippen LogP contribution in [-0.2, 0) is 0 Å². The average molecular weight is 359 g/mol. The normalized spacial score (nSPS) is 17.7. The molecule has 3 aromatic rings. The summed E-state index contributed by atoms with van der Waals surface area (Å²) in [4.78, 5) is 32.0. The maximum atomic E-state index is 13.0. The van der Waals surface area contributed by atoms with Crippen LogP contribution in [0.5, 0.6) is 5.88 Å². The molecule has 0 unspecified atom stereocenters. The summed E-state index contributed by atoms with van der Waals surface area (Å²) in [5.41, 5.74) is 1.76. The molecule has 2 aromatic carbocycles. The maximum absolute atomic E-state index is 13.0. The van der Waals surface area contributed by atoms with Crippen LogP contribution in [0.15, 0.2) is 60.8 Å². The number of carbonyl (C=O) groups is 2. The first kappa shape index (κ1) is 15.8. The lowest BCUT2D eigenvalue weighted by Gasteiger charge is -2.21. The Balaban J connectivity index is 1.63. The fourth-order valence-corrected chi connectivity index (χ4v) is 3.91. The van der Waals surface area contributed by atoms with Gasteiger partial charge in [0.2, 0.25) is 5.88 Å². The Morgan fingerprint density at radius 3 is 2.70 bits per heavy atom. The molecule has 1 aromatic heterocycles. The number of para-hydroxylation sites is 1. The van der Waals surface area contributed by atoms with Crippen molar-refractivity contribution in [1.82, 2.24) is 14.5 Å². The van der Waals surface area contributed by atoms with E-state index in [2.05, 4.69) is 4.98 Å². The van der Waals surface area contributed by atoms with Crippen LogP contribution < -0.4 is 4.74 Å². The van der Waals surface area contributed by atoms with Gasteiger partial charge in [0.25, 0.3) is 5.91 Å². The van der Waals surface area contributed by atoms with E-state index in [9.17, 15) is 9.59 Å². The van der Waals surface area contributed by atoms with Crippen molar-refractivity contribution in [2.45, 2.75) is 18.9 Å². The molecule has 0 saturated carbocycles. The molecule has 134 valence electrons. The minimum absolute atomic E-state index is 0.000985. The molecule has 6 nitrogen and oxygen atoms in total. The molecule has 0 radical (unpaired) electrons. The van der Waals surface area contributed by atoms with E-state index in [4.69, 9.17) is 4.74 Å². The van der Waals surface area contributed by atoms with Crippen molar-refractivity contribution in [3.05, 3.63) is 77.7 Å². The highest BCUT2D eigenvalue weighted by Crippen LogP contribution is 2.40. The SMILES string of the molecule is O=C(Oc1cnc2n1-c1ccccc1C(=O)N1CCC[C@@H]21)c1ccccc1. The van der Waals surface area contributed by atoms with Gasteiger partial charge in [-0.3, -0.25) is 9.36 Å². The molecule has 1 saturated heterocycles. The summed E-state index contributed by atoms with van der Waals surface area (Å²) < 4.78 is 7.48. The highest BCUT2D eigenvalue weighted by atomic mass is 16.5. The number of amides is 1. The van der Waals surface area contributed by atoms with Crippen molar-refractivity contribution in [2.75, 3.05) is 6.54 Å². The molecule has 1 atom stereocenters. The summed E-state index contributed by atoms with van der Waals surface area (Å²) >= 11 is 0. The standard InChI is InChI=1S/C21H17N3O3/c25-20-15-9-4-5-10-16(15)24-18(27-21(26)14-7-2-1-3-8-14)13-22-19(24)17-11-6-12-23(17)20/h1-5,7-10,13,17H,6,11-12H2/t17-/m0/s1. The van der Waals surface area contributed by atoms with E-state index < -0.39 is 5.97 Å². The van der Waals surface area contributed by atoms with Gasteiger partial charge in [0, 0.05) is 6.54 Å². The summed E-state index contributed by atoms with van der Waals surface area (Å²) in [5.74, 6) is 0.614. The van der Waals surface area contributed by atoms with E-state index in [1.807, 2.05) is 39.8 Å². The number of fused-ring (bicyclic) bond motifs is 5. The van der Waals surface area contributed by atoms with Gasteiger partial charge in [-0.1, -0.05) is 30.3 Å². The lowest BCUT2D eigenvalue weighted by atomic mass is 10.1. The van der Waals surface area contributed by atoms with Crippen molar-refractivity contribution in [3.63, 3.8) is 0 Å². The van der Waals surface area contributed by atoms with Crippen LogP contribution in [0, 0.1) is 0 Å². The number of hydrogen-bond acceptors (Lipinski definition) is 4. The number of esters is 1. The van der Waals surface area contributed by atoms with E-state index in [1.54, 1.807) is 30.5 Å². The van der Waals surface area contributed by atoms with E-state index in [0.29, 0.717) is 29.2 Å². The van der Waals surface area contributed by atoms with Crippen LogP contribution in [-0.4, -0.2) is 32.9 Å². The molecular formula is C21H17N3O3. The fraction of sp³-hybridized carbons (Fsp3) is 0.190. The molecule has 2 aliphatic rings. The molecule has 5 rings (SSSR count). The molecule has 0 aliphatic carbocycles. The van der Waals surface area contributed by atoms with Crippen LogP contribution >= 0.6 is 0 Å². The van der Waals surface area contributed by atoms with Crippen LogP contribution in [0.1, 0.15) is 45.4 Å². The fourth-order valence-electron chi connectivity index (χ4n) is 3.91. The van der Waals surface area contributed by atoms with Crippen molar-refractivity contribution >= 4 is 11.9 Å². The number of benzene rings is 2. The zero-order valence-electron chi connectivity index (χ0n) is 14.5. The third-order valence-electron chi connectivity index (χ3n) is 5.15. The number of carbonyl (C=O) groups excluding carboxylic acids is 2. The molecular weight excluding hydrogens is 342 g/mol. The van der Waals surface area contributed by atoms with Gasteiger partial charge in [-0.05, 0) is 37.1 Å². The second-order valence-electron chi connectivity index (χ2n) is 6.72. The molecule has 0 bridgehead atoms. The molecule has 1 amide bonds. The van der Waals surface area contributed by atoms with E-state index in [-0.39, 0.29) is 11.9 Å². The van der Waals surface area contributed by atoms with Gasteiger partial charge in [-0.25, -0.2) is 9.78 Å². The van der Waals surface area contributed by atoms with Crippen LogP contribution in [0.3, 0.4) is 0 Å². The van der Waals surface area contributed by atoms with Gasteiger partial charge in [-0.15, -0.1) is 0 Å². The topological polar surface area (TPSA) is 64.4 Å². The van der Waals surface area contributed by atoms with E-state index >= 15 is 0 Å². The van der Waals surface area contributed by atoms with E-state index in [1.165, 1.54) is 0 Å². The van der Waals surface area contributed by atoms with Gasteiger partial charge in [0.15, 0.2) is 0 Å². The summed E-state index contributed by atoms with van der Waals surface area (Å²) in [7, 11) is 0. The highest BCUT2D eigenvalue weighted by Gasteiger charge is 2.39. The van der Waals surface area contributed by atoms with Crippen molar-refractivity contribution < 1.29 is 14.3 Å². The Bertz CT molecular complexity index is 1040. The third kappa shape index (κ3) is 2.44. The monoisotopic (exact) mass is 359 g/mol. The van der Waals surface area contributed by atoms with Crippen LogP contribution in [0.2, 0.25) is 0 Å². The number of nitrogens with zero attached hydrogens (tertiary/aromatic N) is 3. The molecule has 0 spiro atoms. The van der Waals surface area contributed by atoms with Gasteiger partial charge in [0.1, 0.15) is 5.82 Å². The largest absolute Gasteiger partial charge is 0.404 e. The molecule has 2 aliphatic heterocycles. The third-order valence-corrected chi connectivity index (χ3v) is 5.15. The van der Waals surface area contributed by atoms with Crippen LogP contribution in [0.4, 0.5) is 0 Å². The number of hydrogen-bond donors (Lipinski definition) is 0. The molecule has 27 heavy (non-hydrogen) atoms. The first-order valence-electron chi connectivity index (χ1n) is 8.99. The summed E-state index contributed by atoms with van der Waals surface area (Å²) in [6.45, 7) is 0.712. The Labute approximate surface area is 156 Å². The van der Waals surface area contributed by atoms with Crippen LogP contribution in [0.25, 0.3) is 5.69 Å². The zero-order valence-corrected chi connectivity index (χ0v) is 14.5. The Kier molecular flexibility index (Phi) is 3.57.